The molecular weight excluding hydrogens is 366 g/mol. The van der Waals surface area contributed by atoms with Crippen molar-refractivity contribution >= 4 is 16.7 Å². The van der Waals surface area contributed by atoms with Crippen LogP contribution < -0.4 is 5.32 Å². The van der Waals surface area contributed by atoms with Gasteiger partial charge < -0.3 is 19.9 Å². The van der Waals surface area contributed by atoms with Gasteiger partial charge in [0.25, 0.3) is 0 Å². The second-order valence-corrected chi connectivity index (χ2v) is 8.20. The summed E-state index contributed by atoms with van der Waals surface area (Å²) < 4.78 is 11.8. The van der Waals surface area contributed by atoms with E-state index in [-0.39, 0.29) is 36.1 Å². The first-order valence-corrected chi connectivity index (χ1v) is 10.7. The van der Waals surface area contributed by atoms with Crippen LogP contribution in [0.1, 0.15) is 44.2 Å². The highest BCUT2D eigenvalue weighted by Crippen LogP contribution is 2.83. The average molecular weight is 398 g/mol. The molecular formula is C24H31NO4. The minimum atomic E-state index is -0.0647. The predicted molar refractivity (Wildman–Crippen MR) is 113 cm³/mol. The lowest BCUT2D eigenvalue weighted by Crippen LogP contribution is -2.27. The van der Waals surface area contributed by atoms with Crippen molar-refractivity contribution in [2.75, 3.05) is 19.8 Å². The maximum Gasteiger partial charge on any atom is 0.224 e. The van der Waals surface area contributed by atoms with Crippen LogP contribution in [-0.4, -0.2) is 42.5 Å². The summed E-state index contributed by atoms with van der Waals surface area (Å²) in [5.74, 6) is -0.00324. The number of hydrogen-bond donors (Lipinski definition) is 2. The first-order valence-electron chi connectivity index (χ1n) is 10.7. The number of carbonyl (C=O) groups excluding carboxylic acids is 1. The predicted octanol–water partition coefficient (Wildman–Crippen LogP) is 3.36. The van der Waals surface area contributed by atoms with Crippen molar-refractivity contribution in [1.82, 2.24) is 5.32 Å². The van der Waals surface area contributed by atoms with Gasteiger partial charge in [-0.15, -0.1) is 0 Å². The van der Waals surface area contributed by atoms with Gasteiger partial charge in [0, 0.05) is 25.2 Å². The zero-order valence-corrected chi connectivity index (χ0v) is 17.4. The molecule has 2 N–H and O–H groups in total. The summed E-state index contributed by atoms with van der Waals surface area (Å²) in [4.78, 5) is 12.5. The van der Waals surface area contributed by atoms with E-state index in [1.807, 2.05) is 50.2 Å². The molecule has 2 aromatic rings. The van der Waals surface area contributed by atoms with Crippen molar-refractivity contribution in [3.05, 3.63) is 47.5 Å². The van der Waals surface area contributed by atoms with Crippen LogP contribution in [0.4, 0.5) is 0 Å². The van der Waals surface area contributed by atoms with E-state index in [1.54, 1.807) is 0 Å². The maximum atomic E-state index is 12.5. The summed E-state index contributed by atoms with van der Waals surface area (Å²) in [7, 11) is 0. The second-order valence-electron chi connectivity index (χ2n) is 8.20. The molecule has 2 aliphatic rings. The molecule has 0 aliphatic heterocycles. The molecule has 0 radical (unpaired) electrons. The number of rotatable bonds is 11. The number of aliphatic hydroxyl groups excluding tert-OH is 1. The van der Waals surface area contributed by atoms with Crippen molar-refractivity contribution in [2.45, 2.75) is 57.8 Å². The Hall–Kier alpha value is -1.95. The SMILES string of the molecule is CCOC1C2(CCCNC(=O)Cc3ccc4ccccc4c3CO)CC12OCC. The number of carbonyl (C=O) groups is 1. The molecule has 29 heavy (non-hydrogen) atoms. The largest absolute Gasteiger partial charge is 0.392 e. The fourth-order valence-corrected chi connectivity index (χ4v) is 5.09. The Morgan fingerprint density at radius 1 is 1.21 bits per heavy atom. The van der Waals surface area contributed by atoms with Crippen LogP contribution in [0.25, 0.3) is 10.8 Å². The highest BCUT2D eigenvalue weighted by Gasteiger charge is 2.93. The molecule has 0 saturated heterocycles. The van der Waals surface area contributed by atoms with Crippen molar-refractivity contribution in [3.63, 3.8) is 0 Å². The molecule has 5 heteroatoms. The topological polar surface area (TPSA) is 67.8 Å². The molecule has 5 nitrogen and oxygen atoms in total. The van der Waals surface area contributed by atoms with E-state index < -0.39 is 0 Å². The molecule has 2 aliphatic carbocycles. The third-order valence-electron chi connectivity index (χ3n) is 6.64. The summed E-state index contributed by atoms with van der Waals surface area (Å²) in [6.45, 7) is 6.10. The molecule has 1 amide bonds. The Bertz CT molecular complexity index is 898. The van der Waals surface area contributed by atoms with Crippen molar-refractivity contribution < 1.29 is 19.4 Å². The van der Waals surface area contributed by atoms with Gasteiger partial charge in [-0.25, -0.2) is 0 Å². The summed E-state index contributed by atoms with van der Waals surface area (Å²) in [6.07, 6.45) is 3.56. The Morgan fingerprint density at radius 3 is 2.79 bits per heavy atom. The van der Waals surface area contributed by atoms with Crippen molar-refractivity contribution in [1.29, 1.82) is 0 Å². The van der Waals surface area contributed by atoms with E-state index in [9.17, 15) is 9.90 Å². The summed E-state index contributed by atoms with van der Waals surface area (Å²) in [6, 6.07) is 11.9. The lowest BCUT2D eigenvalue weighted by Gasteiger charge is -2.14. The number of amides is 1. The fourth-order valence-electron chi connectivity index (χ4n) is 5.09. The lowest BCUT2D eigenvalue weighted by atomic mass is 9.97. The highest BCUT2D eigenvalue weighted by molar-refractivity contribution is 5.88. The third-order valence-corrected chi connectivity index (χ3v) is 6.64. The van der Waals surface area contributed by atoms with Crippen LogP contribution >= 0.6 is 0 Å². The Kier molecular flexibility index (Phi) is 5.65. The van der Waals surface area contributed by atoms with Crippen LogP contribution in [0, 0.1) is 5.41 Å². The first-order chi connectivity index (χ1) is 14.1. The van der Waals surface area contributed by atoms with E-state index in [4.69, 9.17) is 9.47 Å². The van der Waals surface area contributed by atoms with Crippen LogP contribution in [0.3, 0.4) is 0 Å². The normalized spacial score (nSPS) is 26.9. The summed E-state index contributed by atoms with van der Waals surface area (Å²) >= 11 is 0. The minimum absolute atomic E-state index is 0.00324. The number of nitrogens with one attached hydrogen (secondary N) is 1. The molecule has 2 saturated carbocycles. The number of fused-ring (bicyclic) bond motifs is 2. The standard InChI is InChI=1S/C24H31NO4/c1-3-28-22-23(16-24(22,23)29-4-2)12-7-13-25-21(27)14-18-11-10-17-8-5-6-9-19(17)20(18)15-26/h5-6,8-11,22,26H,3-4,7,12-16H2,1-2H3,(H,25,27). The molecule has 0 aromatic heterocycles. The lowest BCUT2D eigenvalue weighted by molar-refractivity contribution is -0.120. The van der Waals surface area contributed by atoms with Gasteiger partial charge in [0.15, 0.2) is 0 Å². The van der Waals surface area contributed by atoms with Gasteiger partial charge in [-0.05, 0) is 55.0 Å². The Balaban J connectivity index is 1.28. The fraction of sp³-hybridized carbons (Fsp3) is 0.542. The minimum Gasteiger partial charge on any atom is -0.392 e. The molecule has 2 aromatic carbocycles. The highest BCUT2D eigenvalue weighted by atomic mass is 16.6. The van der Waals surface area contributed by atoms with E-state index in [0.717, 1.165) is 54.4 Å². The average Bonchev–Trinajstić information content (AvgIpc) is 3.54. The summed E-state index contributed by atoms with van der Waals surface area (Å²) in [5.41, 5.74) is 1.88. The van der Waals surface area contributed by atoms with E-state index >= 15 is 0 Å². The maximum absolute atomic E-state index is 12.5. The van der Waals surface area contributed by atoms with E-state index in [0.29, 0.717) is 6.54 Å². The number of ether oxygens (including phenoxy) is 2. The molecule has 2 fully saturated rings. The Morgan fingerprint density at radius 2 is 2.03 bits per heavy atom. The first kappa shape index (κ1) is 20.3. The molecule has 4 rings (SSSR count). The molecule has 3 unspecified atom stereocenters. The number of benzene rings is 2. The van der Waals surface area contributed by atoms with Gasteiger partial charge in [-0.3, -0.25) is 4.79 Å². The Labute approximate surface area is 172 Å². The van der Waals surface area contributed by atoms with Gasteiger partial charge in [0.05, 0.1) is 19.1 Å². The van der Waals surface area contributed by atoms with Crippen LogP contribution in [0.2, 0.25) is 0 Å². The zero-order chi connectivity index (χ0) is 20.5. The van der Waals surface area contributed by atoms with Gasteiger partial charge >= 0.3 is 0 Å². The molecule has 3 atom stereocenters. The molecule has 156 valence electrons. The number of aliphatic hydroxyl groups is 1. The smallest absolute Gasteiger partial charge is 0.224 e. The van der Waals surface area contributed by atoms with Crippen LogP contribution in [0.15, 0.2) is 36.4 Å². The summed E-state index contributed by atoms with van der Waals surface area (Å²) in [5, 5.41) is 15.0. The molecule has 0 spiro atoms. The quantitative estimate of drug-likeness (QED) is 0.571. The van der Waals surface area contributed by atoms with Gasteiger partial charge in [-0.1, -0.05) is 36.4 Å². The van der Waals surface area contributed by atoms with Crippen molar-refractivity contribution in [3.8, 4) is 0 Å². The van der Waals surface area contributed by atoms with Crippen LogP contribution in [0.5, 0.6) is 0 Å². The monoisotopic (exact) mass is 397 g/mol. The van der Waals surface area contributed by atoms with Crippen molar-refractivity contribution in [2.24, 2.45) is 5.41 Å². The second kappa shape index (κ2) is 8.05. The number of hydrogen-bond acceptors (Lipinski definition) is 4. The van der Waals surface area contributed by atoms with E-state index in [1.165, 1.54) is 0 Å². The van der Waals surface area contributed by atoms with E-state index in [2.05, 4.69) is 5.32 Å². The van der Waals surface area contributed by atoms with Crippen LogP contribution in [-0.2, 0) is 27.3 Å². The zero-order valence-electron chi connectivity index (χ0n) is 17.4. The third kappa shape index (κ3) is 3.45. The van der Waals surface area contributed by atoms with Gasteiger partial charge in [0.2, 0.25) is 5.91 Å². The molecule has 0 heterocycles. The van der Waals surface area contributed by atoms with Gasteiger partial charge in [0.1, 0.15) is 5.60 Å². The van der Waals surface area contributed by atoms with Gasteiger partial charge in [-0.2, -0.15) is 0 Å². The molecule has 0 bridgehead atoms.